The lowest BCUT2D eigenvalue weighted by atomic mass is 9.86. The van der Waals surface area contributed by atoms with E-state index in [9.17, 15) is 0 Å². The van der Waals surface area contributed by atoms with Gasteiger partial charge in [0.25, 0.3) is 0 Å². The van der Waals surface area contributed by atoms with Crippen LogP contribution < -0.4 is 0 Å². The Bertz CT molecular complexity index is 825. The summed E-state index contributed by atoms with van der Waals surface area (Å²) in [6.45, 7) is 6.82. The van der Waals surface area contributed by atoms with Gasteiger partial charge in [-0.05, 0) is 64.8 Å². The first kappa shape index (κ1) is 16.4. The second-order valence-electron chi connectivity index (χ2n) is 8.58. The van der Waals surface area contributed by atoms with E-state index in [1.807, 2.05) is 0 Å². The highest BCUT2D eigenvalue weighted by atomic mass is 14.3. The highest BCUT2D eigenvalue weighted by molar-refractivity contribution is 5.81. The van der Waals surface area contributed by atoms with Crippen molar-refractivity contribution in [3.63, 3.8) is 0 Å². The minimum Gasteiger partial charge on any atom is -0.0885 e. The van der Waals surface area contributed by atoms with Gasteiger partial charge in [-0.25, -0.2) is 0 Å². The van der Waals surface area contributed by atoms with E-state index in [0.717, 1.165) is 12.3 Å². The fourth-order valence-corrected chi connectivity index (χ4v) is 4.19. The van der Waals surface area contributed by atoms with E-state index < -0.39 is 0 Å². The van der Waals surface area contributed by atoms with Gasteiger partial charge < -0.3 is 0 Å². The van der Waals surface area contributed by atoms with Crippen LogP contribution in [-0.2, 0) is 11.8 Å². The minimum atomic E-state index is 0.207. The lowest BCUT2D eigenvalue weighted by Crippen LogP contribution is -2.10. The molecule has 0 aromatic heterocycles. The lowest BCUT2D eigenvalue weighted by molar-refractivity contribution is 0.548. The van der Waals surface area contributed by atoms with Gasteiger partial charge in [-0.2, -0.15) is 0 Å². The Morgan fingerprint density at radius 3 is 2.40 bits per heavy atom. The van der Waals surface area contributed by atoms with Gasteiger partial charge in [0.15, 0.2) is 0 Å². The zero-order valence-electron chi connectivity index (χ0n) is 15.7. The van der Waals surface area contributed by atoms with E-state index in [1.54, 1.807) is 5.57 Å². The molecule has 2 aromatic rings. The molecule has 128 valence electrons. The molecule has 0 heteroatoms. The molecule has 0 bridgehead atoms. The molecular weight excluding hydrogens is 300 g/mol. The quantitative estimate of drug-likeness (QED) is 0.523. The van der Waals surface area contributed by atoms with Gasteiger partial charge in [0.1, 0.15) is 0 Å². The summed E-state index contributed by atoms with van der Waals surface area (Å²) in [5.41, 5.74) is 8.92. The summed E-state index contributed by atoms with van der Waals surface area (Å²) in [7, 11) is 0. The largest absolute Gasteiger partial charge is 0.0885 e. The van der Waals surface area contributed by atoms with E-state index >= 15 is 0 Å². The molecule has 2 aromatic carbocycles. The van der Waals surface area contributed by atoms with Crippen molar-refractivity contribution in [1.82, 2.24) is 0 Å². The van der Waals surface area contributed by atoms with Crippen molar-refractivity contribution in [2.45, 2.75) is 51.9 Å². The summed E-state index contributed by atoms with van der Waals surface area (Å²) in [5, 5.41) is 0. The topological polar surface area (TPSA) is 0 Å². The summed E-state index contributed by atoms with van der Waals surface area (Å²) >= 11 is 0. The first-order chi connectivity index (χ1) is 12.0. The minimum absolute atomic E-state index is 0.207. The second-order valence-corrected chi connectivity index (χ2v) is 8.58. The average molecular weight is 328 g/mol. The summed E-state index contributed by atoms with van der Waals surface area (Å²) in [6.07, 6.45) is 12.1. The summed E-state index contributed by atoms with van der Waals surface area (Å²) in [6, 6.07) is 16.0. The van der Waals surface area contributed by atoms with Crippen LogP contribution in [0, 0.1) is 5.92 Å². The Morgan fingerprint density at radius 2 is 1.72 bits per heavy atom. The number of hydrogen-bond donors (Lipinski definition) is 0. The predicted octanol–water partition coefficient (Wildman–Crippen LogP) is 6.95. The van der Waals surface area contributed by atoms with Gasteiger partial charge in [-0.3, -0.25) is 0 Å². The second kappa shape index (κ2) is 6.33. The van der Waals surface area contributed by atoms with Gasteiger partial charge in [0.2, 0.25) is 0 Å². The fraction of sp³-hybridized carbons (Fsp3) is 0.360. The molecule has 0 saturated heterocycles. The van der Waals surface area contributed by atoms with Crippen LogP contribution in [-0.4, -0.2) is 0 Å². The zero-order valence-corrected chi connectivity index (χ0v) is 15.7. The van der Waals surface area contributed by atoms with Crippen molar-refractivity contribution >= 4 is 6.08 Å². The van der Waals surface area contributed by atoms with Crippen LogP contribution in [0.3, 0.4) is 0 Å². The smallest absolute Gasteiger partial charge is 0.00547 e. The molecular formula is C25H28. The third-order valence-electron chi connectivity index (χ3n) is 5.78. The van der Waals surface area contributed by atoms with Gasteiger partial charge in [0.05, 0.1) is 0 Å². The molecule has 0 saturated carbocycles. The molecule has 0 amide bonds. The van der Waals surface area contributed by atoms with Crippen molar-refractivity contribution in [3.8, 4) is 11.1 Å². The summed E-state index contributed by atoms with van der Waals surface area (Å²) in [5.74, 6) is 0.744. The Balaban J connectivity index is 1.68. The van der Waals surface area contributed by atoms with Gasteiger partial charge in [-0.15, -0.1) is 0 Å². The first-order valence-corrected chi connectivity index (χ1v) is 9.60. The lowest BCUT2D eigenvalue weighted by Gasteiger charge is -2.19. The number of rotatable bonds is 2. The van der Waals surface area contributed by atoms with Crippen LogP contribution in [0.5, 0.6) is 0 Å². The molecule has 4 rings (SSSR count). The van der Waals surface area contributed by atoms with Crippen LogP contribution in [0.1, 0.15) is 56.7 Å². The first-order valence-electron chi connectivity index (χ1n) is 9.60. The van der Waals surface area contributed by atoms with Crippen LogP contribution >= 0.6 is 0 Å². The molecule has 0 fully saturated rings. The van der Waals surface area contributed by atoms with E-state index in [1.165, 1.54) is 47.1 Å². The molecule has 0 spiro atoms. The summed E-state index contributed by atoms with van der Waals surface area (Å²) in [4.78, 5) is 0. The monoisotopic (exact) mass is 328 g/mol. The number of allylic oxidation sites excluding steroid dienone is 3. The molecule has 25 heavy (non-hydrogen) atoms. The van der Waals surface area contributed by atoms with E-state index in [2.05, 4.69) is 81.5 Å². The van der Waals surface area contributed by atoms with Gasteiger partial charge >= 0.3 is 0 Å². The Morgan fingerprint density at radius 1 is 0.920 bits per heavy atom. The van der Waals surface area contributed by atoms with Crippen molar-refractivity contribution in [2.24, 2.45) is 5.92 Å². The fourth-order valence-electron chi connectivity index (χ4n) is 4.19. The standard InChI is InChI=1S/C25H28/c1-25(2,3)22-14-12-19(13-15-22)23-11-7-10-20-16-21(17-24(20)23)18-8-5-4-6-9-18/h4-5,7,10-15,17-18H,6,8-9,16H2,1-3H3. The molecule has 2 aliphatic carbocycles. The molecule has 0 heterocycles. The van der Waals surface area contributed by atoms with E-state index in [-0.39, 0.29) is 5.41 Å². The zero-order chi connectivity index (χ0) is 17.4. The van der Waals surface area contributed by atoms with Crippen LogP contribution in [0.4, 0.5) is 0 Å². The number of fused-ring (bicyclic) bond motifs is 1. The van der Waals surface area contributed by atoms with Crippen molar-refractivity contribution in [1.29, 1.82) is 0 Å². The maximum Gasteiger partial charge on any atom is -0.00547 e. The molecule has 1 unspecified atom stereocenters. The molecule has 0 N–H and O–H groups in total. The average Bonchev–Trinajstić information content (AvgIpc) is 3.06. The highest BCUT2D eigenvalue weighted by Crippen LogP contribution is 2.39. The maximum atomic E-state index is 2.49. The number of hydrogen-bond acceptors (Lipinski definition) is 0. The van der Waals surface area contributed by atoms with E-state index in [0.29, 0.717) is 0 Å². The maximum absolute atomic E-state index is 2.49. The third kappa shape index (κ3) is 3.23. The Kier molecular flexibility index (Phi) is 4.15. The molecule has 0 radical (unpaired) electrons. The van der Waals surface area contributed by atoms with Crippen LogP contribution in [0.15, 0.2) is 60.2 Å². The molecule has 0 nitrogen and oxygen atoms in total. The van der Waals surface area contributed by atoms with Crippen molar-refractivity contribution in [2.75, 3.05) is 0 Å². The molecule has 0 aliphatic heterocycles. The Labute approximate surface area is 152 Å². The van der Waals surface area contributed by atoms with E-state index in [4.69, 9.17) is 0 Å². The highest BCUT2D eigenvalue weighted by Gasteiger charge is 2.23. The molecule has 2 aliphatic rings. The van der Waals surface area contributed by atoms with Crippen LogP contribution in [0.25, 0.3) is 17.2 Å². The third-order valence-corrected chi connectivity index (χ3v) is 5.78. The van der Waals surface area contributed by atoms with Gasteiger partial charge in [-0.1, -0.05) is 87.0 Å². The molecule has 1 atom stereocenters. The number of benzene rings is 2. The van der Waals surface area contributed by atoms with Crippen molar-refractivity contribution in [3.05, 3.63) is 76.9 Å². The van der Waals surface area contributed by atoms with Crippen LogP contribution in [0.2, 0.25) is 0 Å². The van der Waals surface area contributed by atoms with Crippen molar-refractivity contribution < 1.29 is 0 Å². The summed E-state index contributed by atoms with van der Waals surface area (Å²) < 4.78 is 0. The predicted molar refractivity (Wildman–Crippen MR) is 109 cm³/mol. The SMILES string of the molecule is CC(C)(C)c1ccc(-c2cccc3c2C=C(C2CC=CCC2)C3)cc1. The van der Waals surface area contributed by atoms with Gasteiger partial charge in [0, 0.05) is 0 Å². The normalized spacial score (nSPS) is 19.6. The Hall–Kier alpha value is -2.08.